The summed E-state index contributed by atoms with van der Waals surface area (Å²) in [7, 11) is 0. The predicted octanol–water partition coefficient (Wildman–Crippen LogP) is 3.45. The van der Waals surface area contributed by atoms with Gasteiger partial charge in [0, 0.05) is 35.9 Å². The zero-order valence-electron chi connectivity index (χ0n) is 10.8. The highest BCUT2D eigenvalue weighted by molar-refractivity contribution is 5.93. The van der Waals surface area contributed by atoms with Gasteiger partial charge in [-0.3, -0.25) is 4.98 Å². The summed E-state index contributed by atoms with van der Waals surface area (Å²) in [5, 5.41) is 5.89. The fraction of sp³-hybridized carbons (Fsp3) is 0.200. The van der Waals surface area contributed by atoms with Crippen LogP contribution < -0.4 is 5.32 Å². The Morgan fingerprint density at radius 1 is 1.21 bits per heavy atom. The van der Waals surface area contributed by atoms with Crippen LogP contribution in [0.1, 0.15) is 19.5 Å². The number of pyridine rings is 1. The highest BCUT2D eigenvalue weighted by atomic mass is 15.2. The van der Waals surface area contributed by atoms with Gasteiger partial charge in [-0.15, -0.1) is 0 Å². The van der Waals surface area contributed by atoms with Crippen LogP contribution in [0.5, 0.6) is 0 Å². The van der Waals surface area contributed by atoms with Crippen LogP contribution in [0.15, 0.2) is 55.4 Å². The zero-order valence-corrected chi connectivity index (χ0v) is 10.8. The van der Waals surface area contributed by atoms with Crippen LogP contribution in [-0.2, 0) is 0 Å². The van der Waals surface area contributed by atoms with Crippen molar-refractivity contribution in [3.05, 3.63) is 55.4 Å². The third-order valence-corrected chi connectivity index (χ3v) is 3.28. The highest BCUT2D eigenvalue weighted by Gasteiger charge is 2.09. The van der Waals surface area contributed by atoms with Crippen LogP contribution in [0.25, 0.3) is 10.8 Å². The molecule has 3 aromatic rings. The molecule has 1 N–H and O–H groups in total. The number of nitrogens with zero attached hydrogens (tertiary/aromatic N) is 3. The third kappa shape index (κ3) is 2.29. The lowest BCUT2D eigenvalue weighted by Crippen LogP contribution is -2.16. The minimum atomic E-state index is 0.202. The summed E-state index contributed by atoms with van der Waals surface area (Å²) in [6.07, 6.45) is 10.5. The molecular weight excluding hydrogens is 236 g/mol. The maximum Gasteiger partial charge on any atom is 0.104 e. The van der Waals surface area contributed by atoms with Crippen LogP contribution in [0.2, 0.25) is 0 Å². The van der Waals surface area contributed by atoms with Gasteiger partial charge in [-0.05, 0) is 23.9 Å². The van der Waals surface area contributed by atoms with E-state index in [2.05, 4.69) is 45.0 Å². The molecule has 0 bridgehead atoms. The molecule has 0 saturated carbocycles. The van der Waals surface area contributed by atoms with Gasteiger partial charge in [0.2, 0.25) is 0 Å². The van der Waals surface area contributed by atoms with E-state index in [0.717, 1.165) is 17.5 Å². The second-order valence-electron chi connectivity index (χ2n) is 4.48. The van der Waals surface area contributed by atoms with Crippen molar-refractivity contribution < 1.29 is 0 Å². The van der Waals surface area contributed by atoms with Crippen molar-refractivity contribution >= 4 is 16.5 Å². The average Bonchev–Trinajstić information content (AvgIpc) is 2.99. The molecule has 0 aliphatic heterocycles. The number of nitrogens with one attached hydrogen (secondary N) is 1. The largest absolute Gasteiger partial charge is 0.364 e. The van der Waals surface area contributed by atoms with Crippen LogP contribution >= 0.6 is 0 Å². The van der Waals surface area contributed by atoms with Crippen LogP contribution in [0.4, 0.5) is 5.69 Å². The van der Waals surface area contributed by atoms with Crippen molar-refractivity contribution in [2.24, 2.45) is 0 Å². The lowest BCUT2D eigenvalue weighted by molar-refractivity contribution is 0.545. The molecule has 0 radical (unpaired) electrons. The highest BCUT2D eigenvalue weighted by Crippen LogP contribution is 2.25. The number of benzene rings is 1. The zero-order chi connectivity index (χ0) is 13.1. The van der Waals surface area contributed by atoms with Crippen molar-refractivity contribution in [1.82, 2.24) is 14.5 Å². The minimum Gasteiger partial charge on any atom is -0.364 e. The Labute approximate surface area is 112 Å². The first-order valence-corrected chi connectivity index (χ1v) is 6.45. The number of hydrogen-bond acceptors (Lipinski definition) is 3. The normalized spacial score (nSPS) is 12.5. The minimum absolute atomic E-state index is 0.202. The average molecular weight is 252 g/mol. The van der Waals surface area contributed by atoms with E-state index in [4.69, 9.17) is 0 Å². The summed E-state index contributed by atoms with van der Waals surface area (Å²) in [5.41, 5.74) is 1.10. The van der Waals surface area contributed by atoms with E-state index in [1.165, 1.54) is 5.39 Å². The summed E-state index contributed by atoms with van der Waals surface area (Å²) in [6, 6.07) is 8.27. The van der Waals surface area contributed by atoms with Crippen molar-refractivity contribution in [3.8, 4) is 0 Å². The van der Waals surface area contributed by atoms with E-state index in [0.29, 0.717) is 0 Å². The SMILES string of the molecule is CCC(Nc1cccc2ccncc12)n1ccnc1. The molecule has 0 aliphatic carbocycles. The Morgan fingerprint density at radius 2 is 2.16 bits per heavy atom. The molecule has 0 spiro atoms. The second-order valence-corrected chi connectivity index (χ2v) is 4.48. The van der Waals surface area contributed by atoms with E-state index in [1.807, 2.05) is 31.0 Å². The van der Waals surface area contributed by atoms with Crippen molar-refractivity contribution in [1.29, 1.82) is 0 Å². The van der Waals surface area contributed by atoms with Gasteiger partial charge in [0.1, 0.15) is 6.17 Å². The molecule has 2 heterocycles. The molecule has 1 unspecified atom stereocenters. The Kier molecular flexibility index (Phi) is 3.14. The summed E-state index contributed by atoms with van der Waals surface area (Å²) >= 11 is 0. The maximum atomic E-state index is 4.21. The smallest absolute Gasteiger partial charge is 0.104 e. The molecule has 4 nitrogen and oxygen atoms in total. The monoisotopic (exact) mass is 252 g/mol. The number of imidazole rings is 1. The fourth-order valence-electron chi connectivity index (χ4n) is 2.26. The molecule has 0 fully saturated rings. The Balaban J connectivity index is 1.96. The Hall–Kier alpha value is -2.36. The summed E-state index contributed by atoms with van der Waals surface area (Å²) in [6.45, 7) is 2.15. The molecule has 0 amide bonds. The quantitative estimate of drug-likeness (QED) is 0.773. The molecule has 0 aliphatic rings. The lowest BCUT2D eigenvalue weighted by Gasteiger charge is -2.20. The molecule has 3 rings (SSSR count). The molecular formula is C15H16N4. The predicted molar refractivity (Wildman–Crippen MR) is 76.9 cm³/mol. The standard InChI is InChI=1S/C15H16N4/c1-2-15(19-9-8-17-11-19)18-14-5-3-4-12-6-7-16-10-13(12)14/h3-11,15,18H,2H2,1H3. The van der Waals surface area contributed by atoms with Gasteiger partial charge in [-0.25, -0.2) is 4.98 Å². The lowest BCUT2D eigenvalue weighted by atomic mass is 10.1. The van der Waals surface area contributed by atoms with E-state index >= 15 is 0 Å². The number of anilines is 1. The fourth-order valence-corrected chi connectivity index (χ4v) is 2.26. The number of aromatic nitrogens is 3. The third-order valence-electron chi connectivity index (χ3n) is 3.28. The molecule has 1 aromatic carbocycles. The van der Waals surface area contributed by atoms with Gasteiger partial charge in [-0.2, -0.15) is 0 Å². The maximum absolute atomic E-state index is 4.21. The summed E-state index contributed by atoms with van der Waals surface area (Å²) in [4.78, 5) is 8.32. The van der Waals surface area contributed by atoms with E-state index in [1.54, 1.807) is 6.20 Å². The van der Waals surface area contributed by atoms with Crippen molar-refractivity contribution in [2.45, 2.75) is 19.5 Å². The first-order valence-electron chi connectivity index (χ1n) is 6.45. The van der Waals surface area contributed by atoms with Gasteiger partial charge in [-0.1, -0.05) is 19.1 Å². The van der Waals surface area contributed by atoms with E-state index < -0.39 is 0 Å². The Morgan fingerprint density at radius 3 is 2.95 bits per heavy atom. The molecule has 4 heteroatoms. The topological polar surface area (TPSA) is 42.7 Å². The van der Waals surface area contributed by atoms with Crippen LogP contribution in [0.3, 0.4) is 0 Å². The summed E-state index contributed by atoms with van der Waals surface area (Å²) < 4.78 is 2.08. The van der Waals surface area contributed by atoms with Crippen LogP contribution in [0, 0.1) is 0 Å². The molecule has 2 aromatic heterocycles. The van der Waals surface area contributed by atoms with Crippen molar-refractivity contribution in [2.75, 3.05) is 5.32 Å². The van der Waals surface area contributed by atoms with Gasteiger partial charge < -0.3 is 9.88 Å². The van der Waals surface area contributed by atoms with E-state index in [9.17, 15) is 0 Å². The van der Waals surface area contributed by atoms with Gasteiger partial charge >= 0.3 is 0 Å². The van der Waals surface area contributed by atoms with E-state index in [-0.39, 0.29) is 6.17 Å². The van der Waals surface area contributed by atoms with Crippen molar-refractivity contribution in [3.63, 3.8) is 0 Å². The molecule has 0 saturated heterocycles. The number of hydrogen-bond donors (Lipinski definition) is 1. The first-order chi connectivity index (χ1) is 9.38. The van der Waals surface area contributed by atoms with Crippen LogP contribution in [-0.4, -0.2) is 14.5 Å². The van der Waals surface area contributed by atoms with Gasteiger partial charge in [0.15, 0.2) is 0 Å². The number of fused-ring (bicyclic) bond motifs is 1. The van der Waals surface area contributed by atoms with Gasteiger partial charge in [0.25, 0.3) is 0 Å². The summed E-state index contributed by atoms with van der Waals surface area (Å²) in [5.74, 6) is 0. The molecule has 96 valence electrons. The molecule has 1 atom stereocenters. The number of rotatable bonds is 4. The first kappa shape index (κ1) is 11.7. The van der Waals surface area contributed by atoms with Gasteiger partial charge in [0.05, 0.1) is 6.33 Å². The second kappa shape index (κ2) is 5.10. The Bertz CT molecular complexity index is 655. The molecule has 19 heavy (non-hydrogen) atoms.